The second-order valence-electron chi connectivity index (χ2n) is 19.2. The summed E-state index contributed by atoms with van der Waals surface area (Å²) in [5.74, 6) is 2.97. The molecule has 4 aromatic carbocycles. The average molecular weight is 1090 g/mol. The first kappa shape index (κ1) is 54.1. The van der Waals surface area contributed by atoms with Gasteiger partial charge < -0.3 is 64.6 Å². The summed E-state index contributed by atoms with van der Waals surface area (Å²) in [5, 5.41) is 24.9. The summed E-state index contributed by atoms with van der Waals surface area (Å²) >= 11 is 0. The van der Waals surface area contributed by atoms with Gasteiger partial charge in [-0.1, -0.05) is 25.3 Å². The number of anilines is 8. The van der Waals surface area contributed by atoms with Crippen molar-refractivity contribution in [3.63, 3.8) is 0 Å². The van der Waals surface area contributed by atoms with Crippen molar-refractivity contribution in [1.82, 2.24) is 49.7 Å². The molecule has 0 bridgehead atoms. The maximum atomic E-state index is 11.8. The molecule has 1 atom stereocenters. The third-order valence-electron chi connectivity index (χ3n) is 13.7. The van der Waals surface area contributed by atoms with Gasteiger partial charge in [0.2, 0.25) is 35.5 Å². The SMILES string of the molecule is C=CC(=O)Nc1cccc(Oc2nc(Nc3ccc(N4CCN(C)CC4)cc3OC)nc3[nH]ncc23)c1.C=CC(=O)Nc1cccc(Oc2nc(Nc3ccc(N4CCN(C)CC4)cc3OC)nc3c2cnn3C2CCCCO2)c1. The van der Waals surface area contributed by atoms with Gasteiger partial charge in [0.15, 0.2) is 17.5 Å². The highest BCUT2D eigenvalue weighted by Crippen LogP contribution is 2.38. The zero-order chi connectivity index (χ0) is 55.5. The smallest absolute Gasteiger partial charge is 0.247 e. The fraction of sp³-hybridized carbons (Fsp3) is 0.298. The summed E-state index contributed by atoms with van der Waals surface area (Å²) in [5.41, 5.74) is 5.89. The minimum absolute atomic E-state index is 0.225. The van der Waals surface area contributed by atoms with Crippen LogP contribution in [0.3, 0.4) is 0 Å². The first-order valence-electron chi connectivity index (χ1n) is 26.3. The lowest BCUT2D eigenvalue weighted by Crippen LogP contribution is -2.44. The van der Waals surface area contributed by atoms with Crippen molar-refractivity contribution < 1.29 is 33.3 Å². The van der Waals surface area contributed by atoms with Crippen LogP contribution in [-0.4, -0.2) is 149 Å². The number of aromatic amines is 1. The molecule has 3 fully saturated rings. The average Bonchev–Trinajstić information content (AvgIpc) is 4.20. The number of amides is 2. The molecule has 8 aromatic rings. The summed E-state index contributed by atoms with van der Waals surface area (Å²) in [4.78, 5) is 51.6. The lowest BCUT2D eigenvalue weighted by atomic mass is 10.2. The molecule has 3 aliphatic rings. The van der Waals surface area contributed by atoms with Crippen LogP contribution in [0.25, 0.3) is 22.1 Å². The lowest BCUT2D eigenvalue weighted by molar-refractivity contribution is -0.112. The molecule has 3 saturated heterocycles. The predicted molar refractivity (Wildman–Crippen MR) is 309 cm³/mol. The Bertz CT molecular complexity index is 3490. The molecule has 80 heavy (non-hydrogen) atoms. The largest absolute Gasteiger partial charge is 0.494 e. The van der Waals surface area contributed by atoms with Crippen molar-refractivity contribution in [3.8, 4) is 34.8 Å². The Morgan fingerprint density at radius 3 is 1.70 bits per heavy atom. The van der Waals surface area contributed by atoms with Crippen LogP contribution in [0.1, 0.15) is 25.5 Å². The molecule has 3 aliphatic heterocycles. The van der Waals surface area contributed by atoms with Crippen LogP contribution in [0.4, 0.5) is 46.0 Å². The van der Waals surface area contributed by atoms with Crippen LogP contribution in [0.15, 0.2) is 123 Å². The van der Waals surface area contributed by atoms with E-state index in [4.69, 9.17) is 33.7 Å². The van der Waals surface area contributed by atoms with Crippen molar-refractivity contribution >= 4 is 79.9 Å². The summed E-state index contributed by atoms with van der Waals surface area (Å²) in [6.07, 6.45) is 8.40. The van der Waals surface area contributed by atoms with Crippen molar-refractivity contribution in [2.24, 2.45) is 0 Å². The van der Waals surface area contributed by atoms with E-state index in [0.717, 1.165) is 94.4 Å². The van der Waals surface area contributed by atoms with Gasteiger partial charge in [-0.15, -0.1) is 0 Å². The van der Waals surface area contributed by atoms with Gasteiger partial charge in [0, 0.05) is 106 Å². The Hall–Kier alpha value is -9.32. The van der Waals surface area contributed by atoms with E-state index in [9.17, 15) is 9.59 Å². The molecule has 1 unspecified atom stereocenters. The standard InChI is InChI=1S/C31H36N8O4.C26H28N8O3/c1-4-27(40)33-21-8-7-9-23(18-21)43-30-24-20-32-39(28-10-5-6-17-42-28)29(24)35-31(36-30)34-25-12-11-22(19-26(25)41-3)38-15-13-37(2)14-16-38;1-4-23(35)28-17-6-5-7-19(14-17)37-25-20-16-27-32-24(20)30-26(31-25)29-21-9-8-18(15-22(21)36-3)34-12-10-33(2)11-13-34/h4,7-9,11-12,18-20,28H,1,5-6,10,13-17H2,2-3H3,(H,33,40)(H,34,35,36);4-9,14-16H,1,10-13H2,2-3H3,(H,28,35)(H2,27,29,30,31,32). The lowest BCUT2D eigenvalue weighted by Gasteiger charge is -2.34. The number of methoxy groups -OCH3 is 2. The van der Waals surface area contributed by atoms with Crippen LogP contribution >= 0.6 is 0 Å². The van der Waals surface area contributed by atoms with E-state index in [1.54, 1.807) is 79.8 Å². The van der Waals surface area contributed by atoms with Crippen LogP contribution in [0, 0.1) is 0 Å². The Balaban J connectivity index is 0.000000182. The molecular weight excluding hydrogens is 1020 g/mol. The number of hydrogen-bond acceptors (Lipinski definition) is 19. The van der Waals surface area contributed by atoms with E-state index in [1.807, 2.05) is 24.3 Å². The molecule has 11 rings (SSSR count). The molecule has 4 aromatic heterocycles. The van der Waals surface area contributed by atoms with E-state index >= 15 is 0 Å². The highest BCUT2D eigenvalue weighted by Gasteiger charge is 2.25. The normalized spacial score (nSPS) is 15.8. The molecule has 23 heteroatoms. The summed E-state index contributed by atoms with van der Waals surface area (Å²) in [6, 6.07) is 26.2. The number of carbonyl (C=O) groups excluding carboxylic acids is 2. The monoisotopic (exact) mass is 1080 g/mol. The highest BCUT2D eigenvalue weighted by molar-refractivity contribution is 5.99. The number of nitrogens with zero attached hydrogens (tertiary/aromatic N) is 11. The number of rotatable bonds is 17. The van der Waals surface area contributed by atoms with Crippen LogP contribution in [0.2, 0.25) is 0 Å². The molecule has 0 spiro atoms. The zero-order valence-electron chi connectivity index (χ0n) is 45.1. The van der Waals surface area contributed by atoms with Gasteiger partial charge in [0.05, 0.1) is 38.0 Å². The fourth-order valence-electron chi connectivity index (χ4n) is 9.32. The minimum Gasteiger partial charge on any atom is -0.494 e. The van der Waals surface area contributed by atoms with Gasteiger partial charge in [-0.25, -0.2) is 4.68 Å². The van der Waals surface area contributed by atoms with Gasteiger partial charge in [0.25, 0.3) is 0 Å². The Labute approximate surface area is 462 Å². The molecule has 23 nitrogen and oxygen atoms in total. The zero-order valence-corrected chi connectivity index (χ0v) is 45.1. The Kier molecular flexibility index (Phi) is 16.9. The first-order valence-corrected chi connectivity index (χ1v) is 26.3. The molecule has 414 valence electrons. The third kappa shape index (κ3) is 13.0. The molecule has 5 N–H and O–H groups in total. The predicted octanol–water partition coefficient (Wildman–Crippen LogP) is 8.72. The number of fused-ring (bicyclic) bond motifs is 2. The van der Waals surface area contributed by atoms with E-state index in [-0.39, 0.29) is 18.0 Å². The highest BCUT2D eigenvalue weighted by atomic mass is 16.5. The van der Waals surface area contributed by atoms with E-state index in [1.165, 1.54) is 12.2 Å². The van der Waals surface area contributed by atoms with Crippen molar-refractivity contribution in [3.05, 3.63) is 123 Å². The van der Waals surface area contributed by atoms with Crippen LogP contribution < -0.4 is 50.0 Å². The van der Waals surface area contributed by atoms with E-state index in [2.05, 4.69) is 106 Å². The molecule has 7 heterocycles. The van der Waals surface area contributed by atoms with E-state index < -0.39 is 0 Å². The maximum absolute atomic E-state index is 11.8. The van der Waals surface area contributed by atoms with Crippen molar-refractivity contribution in [2.75, 3.05) is 118 Å². The number of hydrogen-bond donors (Lipinski definition) is 5. The molecule has 2 amide bonds. The van der Waals surface area contributed by atoms with Crippen LogP contribution in [0.5, 0.6) is 34.8 Å². The number of nitrogens with one attached hydrogen (secondary N) is 5. The second kappa shape index (κ2) is 25.0. The Morgan fingerprint density at radius 1 is 0.650 bits per heavy atom. The van der Waals surface area contributed by atoms with Gasteiger partial charge >= 0.3 is 0 Å². The number of carbonyl (C=O) groups is 2. The number of benzene rings is 4. The quantitative estimate of drug-likeness (QED) is 0.0536. The Morgan fingerprint density at radius 2 is 1.19 bits per heavy atom. The number of ether oxygens (including phenoxy) is 5. The summed E-state index contributed by atoms with van der Waals surface area (Å²) in [6.45, 7) is 15.6. The maximum Gasteiger partial charge on any atom is 0.247 e. The molecule has 0 aliphatic carbocycles. The number of aromatic nitrogens is 8. The molecule has 0 saturated carbocycles. The number of likely N-dealkylation sites (N-methyl/N-ethyl adjacent to an activating group) is 2. The van der Waals surface area contributed by atoms with Gasteiger partial charge in [0.1, 0.15) is 33.8 Å². The van der Waals surface area contributed by atoms with Crippen molar-refractivity contribution in [1.29, 1.82) is 0 Å². The third-order valence-corrected chi connectivity index (χ3v) is 13.7. The molecular formula is C57H64N16O7. The van der Waals surface area contributed by atoms with Gasteiger partial charge in [-0.3, -0.25) is 14.7 Å². The van der Waals surface area contributed by atoms with E-state index in [0.29, 0.717) is 86.7 Å². The summed E-state index contributed by atoms with van der Waals surface area (Å²) in [7, 11) is 7.57. The fourth-order valence-corrected chi connectivity index (χ4v) is 9.32. The van der Waals surface area contributed by atoms with Gasteiger partial charge in [-0.05, 0) is 94.0 Å². The second-order valence-corrected chi connectivity index (χ2v) is 19.2. The number of piperazine rings is 2. The van der Waals surface area contributed by atoms with Crippen LogP contribution in [-0.2, 0) is 14.3 Å². The van der Waals surface area contributed by atoms with Gasteiger partial charge in [-0.2, -0.15) is 30.1 Å². The molecule has 0 radical (unpaired) electrons. The minimum atomic E-state index is -0.311. The van der Waals surface area contributed by atoms with Crippen molar-refractivity contribution in [2.45, 2.75) is 25.5 Å². The first-order chi connectivity index (χ1) is 39.0. The summed E-state index contributed by atoms with van der Waals surface area (Å²) < 4.78 is 31.6. The topological polar surface area (TPSA) is 239 Å². The number of H-pyrrole nitrogens is 1.